The molecule has 0 fully saturated rings. The minimum Gasteiger partial charge on any atom is -0.493 e. The molecule has 1 atom stereocenters. The Balaban J connectivity index is 1.83. The van der Waals surface area contributed by atoms with Gasteiger partial charge in [-0.3, -0.25) is 0 Å². The van der Waals surface area contributed by atoms with E-state index in [9.17, 15) is 5.26 Å². The third-order valence-electron chi connectivity index (χ3n) is 3.42. The maximum atomic E-state index is 9.29. The second kappa shape index (κ2) is 7.71. The van der Waals surface area contributed by atoms with E-state index in [4.69, 9.17) is 16.3 Å². The Labute approximate surface area is 130 Å². The molecule has 0 amide bonds. The molecule has 21 heavy (non-hydrogen) atoms. The summed E-state index contributed by atoms with van der Waals surface area (Å²) < 4.78 is 5.76. The molecular formula is C18H18ClNO. The Morgan fingerprint density at radius 1 is 1.14 bits per heavy atom. The Kier molecular flexibility index (Phi) is 5.66. The summed E-state index contributed by atoms with van der Waals surface area (Å²) in [7, 11) is 0. The minimum absolute atomic E-state index is 0.109. The van der Waals surface area contributed by atoms with Crippen molar-refractivity contribution in [1.29, 1.82) is 5.26 Å². The first-order chi connectivity index (χ1) is 10.2. The summed E-state index contributed by atoms with van der Waals surface area (Å²) in [5.74, 6) is 0.806. The molecule has 0 radical (unpaired) electrons. The molecule has 0 spiro atoms. The van der Waals surface area contributed by atoms with Crippen LogP contribution in [0.5, 0.6) is 5.75 Å². The van der Waals surface area contributed by atoms with E-state index in [1.165, 1.54) is 0 Å². The molecule has 0 heterocycles. The number of hydrogen-bond donors (Lipinski definition) is 0. The zero-order chi connectivity index (χ0) is 15.1. The smallest absolute Gasteiger partial charge is 0.122 e. The molecule has 0 aliphatic heterocycles. The van der Waals surface area contributed by atoms with E-state index in [2.05, 4.69) is 6.07 Å². The Morgan fingerprint density at radius 2 is 1.86 bits per heavy atom. The highest BCUT2D eigenvalue weighted by Crippen LogP contribution is 2.23. The molecule has 2 aromatic rings. The summed E-state index contributed by atoms with van der Waals surface area (Å²) in [4.78, 5) is 0. The Morgan fingerprint density at radius 3 is 2.52 bits per heavy atom. The van der Waals surface area contributed by atoms with Gasteiger partial charge in [-0.1, -0.05) is 41.9 Å². The van der Waals surface area contributed by atoms with Gasteiger partial charge < -0.3 is 4.74 Å². The fourth-order valence-electron chi connectivity index (χ4n) is 2.19. The maximum absolute atomic E-state index is 9.29. The van der Waals surface area contributed by atoms with E-state index in [-0.39, 0.29) is 5.92 Å². The molecule has 0 aromatic heterocycles. The summed E-state index contributed by atoms with van der Waals surface area (Å²) in [6.07, 6.45) is 1.62. The van der Waals surface area contributed by atoms with Crippen LogP contribution in [0.3, 0.4) is 0 Å². The second-order valence-electron chi connectivity index (χ2n) is 4.99. The van der Waals surface area contributed by atoms with Crippen LogP contribution in [0.25, 0.3) is 0 Å². The highest BCUT2D eigenvalue weighted by atomic mass is 35.5. The van der Waals surface area contributed by atoms with Crippen LogP contribution in [-0.4, -0.2) is 6.61 Å². The lowest BCUT2D eigenvalue weighted by Crippen LogP contribution is -2.02. The zero-order valence-electron chi connectivity index (χ0n) is 12.1. The first kappa shape index (κ1) is 15.4. The van der Waals surface area contributed by atoms with Crippen LogP contribution in [0.2, 0.25) is 5.02 Å². The lowest BCUT2D eigenvalue weighted by Gasteiger charge is -2.11. The summed E-state index contributed by atoms with van der Waals surface area (Å²) in [6.45, 7) is 2.65. The molecule has 2 nitrogen and oxygen atoms in total. The highest BCUT2D eigenvalue weighted by molar-refractivity contribution is 6.30. The number of aryl methyl sites for hydroxylation is 1. The number of benzene rings is 2. The van der Waals surface area contributed by atoms with E-state index in [1.54, 1.807) is 0 Å². The Hall–Kier alpha value is -1.98. The van der Waals surface area contributed by atoms with E-state index in [1.807, 2.05) is 55.5 Å². The van der Waals surface area contributed by atoms with Gasteiger partial charge in [0.25, 0.3) is 0 Å². The van der Waals surface area contributed by atoms with Crippen LogP contribution in [0.4, 0.5) is 0 Å². The quantitative estimate of drug-likeness (QED) is 0.694. The van der Waals surface area contributed by atoms with Gasteiger partial charge in [-0.25, -0.2) is 0 Å². The number of nitriles is 1. The van der Waals surface area contributed by atoms with Crippen molar-refractivity contribution in [2.45, 2.75) is 25.7 Å². The maximum Gasteiger partial charge on any atom is 0.122 e. The van der Waals surface area contributed by atoms with Gasteiger partial charge >= 0.3 is 0 Å². The number of nitrogens with zero attached hydrogens (tertiary/aromatic N) is 1. The lowest BCUT2D eigenvalue weighted by atomic mass is 9.96. The molecule has 0 aliphatic rings. The molecule has 2 aromatic carbocycles. The van der Waals surface area contributed by atoms with Gasteiger partial charge in [-0.05, 0) is 49.1 Å². The Bertz CT molecular complexity index is 616. The molecule has 0 bridgehead atoms. The molecule has 0 saturated heterocycles. The van der Waals surface area contributed by atoms with Crippen molar-refractivity contribution in [3.8, 4) is 11.8 Å². The molecule has 0 N–H and O–H groups in total. The monoisotopic (exact) mass is 299 g/mol. The van der Waals surface area contributed by atoms with Crippen LogP contribution < -0.4 is 4.74 Å². The predicted octanol–water partition coefficient (Wildman–Crippen LogP) is 5.11. The van der Waals surface area contributed by atoms with Crippen LogP contribution in [0.15, 0.2) is 48.5 Å². The number of rotatable bonds is 6. The minimum atomic E-state index is -0.109. The largest absolute Gasteiger partial charge is 0.493 e. The average Bonchev–Trinajstić information content (AvgIpc) is 2.50. The number of para-hydroxylation sites is 1. The number of ether oxygens (including phenoxy) is 1. The first-order valence-electron chi connectivity index (χ1n) is 7.04. The van der Waals surface area contributed by atoms with Crippen molar-refractivity contribution in [1.82, 2.24) is 0 Å². The van der Waals surface area contributed by atoms with Gasteiger partial charge in [0, 0.05) is 5.02 Å². The van der Waals surface area contributed by atoms with Crippen molar-refractivity contribution in [2.24, 2.45) is 0 Å². The third-order valence-corrected chi connectivity index (χ3v) is 3.67. The van der Waals surface area contributed by atoms with Crippen LogP contribution in [0, 0.1) is 18.3 Å². The van der Waals surface area contributed by atoms with Crippen LogP contribution in [-0.2, 0) is 0 Å². The van der Waals surface area contributed by atoms with Gasteiger partial charge in [0.15, 0.2) is 0 Å². The normalized spacial score (nSPS) is 11.7. The fraction of sp³-hybridized carbons (Fsp3) is 0.278. The van der Waals surface area contributed by atoms with Crippen molar-refractivity contribution < 1.29 is 4.74 Å². The molecule has 0 saturated carbocycles. The highest BCUT2D eigenvalue weighted by Gasteiger charge is 2.10. The van der Waals surface area contributed by atoms with Gasteiger partial charge in [0.05, 0.1) is 18.6 Å². The topological polar surface area (TPSA) is 33.0 Å². The molecule has 3 heteroatoms. The third kappa shape index (κ3) is 4.51. The fourth-order valence-corrected chi connectivity index (χ4v) is 2.31. The van der Waals surface area contributed by atoms with Crippen molar-refractivity contribution in [3.05, 3.63) is 64.7 Å². The molecule has 0 aliphatic carbocycles. The van der Waals surface area contributed by atoms with Crippen molar-refractivity contribution >= 4 is 11.6 Å². The summed E-state index contributed by atoms with van der Waals surface area (Å²) >= 11 is 5.87. The van der Waals surface area contributed by atoms with E-state index >= 15 is 0 Å². The summed E-state index contributed by atoms with van der Waals surface area (Å²) in [6, 6.07) is 17.8. The SMILES string of the molecule is Cc1ccccc1OCCCC(C#N)c1ccc(Cl)cc1. The standard InChI is InChI=1S/C18H18ClNO/c1-14-5-2-3-7-18(14)21-12-4-6-16(13-20)15-8-10-17(19)11-9-15/h2-3,5,7-11,16H,4,6,12H2,1H3. The lowest BCUT2D eigenvalue weighted by molar-refractivity contribution is 0.303. The summed E-state index contributed by atoms with van der Waals surface area (Å²) in [5.41, 5.74) is 2.14. The van der Waals surface area contributed by atoms with Gasteiger partial charge in [0.2, 0.25) is 0 Å². The summed E-state index contributed by atoms with van der Waals surface area (Å²) in [5, 5.41) is 9.98. The van der Waals surface area contributed by atoms with Crippen LogP contribution in [0.1, 0.15) is 29.9 Å². The predicted molar refractivity (Wildman–Crippen MR) is 85.7 cm³/mol. The van der Waals surface area contributed by atoms with Gasteiger partial charge in [0.1, 0.15) is 5.75 Å². The second-order valence-corrected chi connectivity index (χ2v) is 5.43. The molecule has 2 rings (SSSR count). The van der Waals surface area contributed by atoms with Crippen molar-refractivity contribution in [2.75, 3.05) is 6.61 Å². The average molecular weight is 300 g/mol. The molecule has 1 unspecified atom stereocenters. The van der Waals surface area contributed by atoms with Crippen LogP contribution >= 0.6 is 11.6 Å². The molecular weight excluding hydrogens is 282 g/mol. The molecule has 108 valence electrons. The van der Waals surface area contributed by atoms with Crippen molar-refractivity contribution in [3.63, 3.8) is 0 Å². The number of hydrogen-bond acceptors (Lipinski definition) is 2. The van der Waals surface area contributed by atoms with E-state index < -0.39 is 0 Å². The van der Waals surface area contributed by atoms with Gasteiger partial charge in [-0.2, -0.15) is 5.26 Å². The van der Waals surface area contributed by atoms with Gasteiger partial charge in [-0.15, -0.1) is 0 Å². The zero-order valence-corrected chi connectivity index (χ0v) is 12.8. The van der Waals surface area contributed by atoms with E-state index in [0.717, 1.165) is 29.7 Å². The first-order valence-corrected chi connectivity index (χ1v) is 7.42. The van der Waals surface area contributed by atoms with E-state index in [0.29, 0.717) is 11.6 Å². The number of halogens is 1.